The van der Waals surface area contributed by atoms with Gasteiger partial charge in [0.2, 0.25) is 0 Å². The lowest BCUT2D eigenvalue weighted by molar-refractivity contribution is 1.17. The SMILES string of the molecule is c1ccc(-c2ccc3c(N(c4ccccc4)c4ccc5c(c4)c4ccccc4n5-c4ccccc4)c4cc(-c5ccccc5)ccc4c(N(c4ccccc4)c4ccc(-n5c6ccccc6c6ccccc65)cc4)c3c2)cc1. The zero-order valence-corrected chi connectivity index (χ0v) is 42.7. The average molecular weight is 995 g/mol. The van der Waals surface area contributed by atoms with Gasteiger partial charge in [-0.25, -0.2) is 0 Å². The summed E-state index contributed by atoms with van der Waals surface area (Å²) in [7, 11) is 0. The molecule has 0 N–H and O–H groups in total. The molecule has 0 saturated heterocycles. The Labute approximate surface area is 452 Å². The molecule has 15 rings (SSSR count). The molecule has 2 aromatic heterocycles. The predicted molar refractivity (Wildman–Crippen MR) is 330 cm³/mol. The second kappa shape index (κ2) is 18.7. The molecule has 15 aromatic rings. The third-order valence-corrected chi connectivity index (χ3v) is 15.6. The molecular weight excluding hydrogens is 945 g/mol. The van der Waals surface area contributed by atoms with Gasteiger partial charge in [0, 0.05) is 77.2 Å². The van der Waals surface area contributed by atoms with E-state index in [2.05, 4.69) is 322 Å². The molecule has 4 heteroatoms. The minimum absolute atomic E-state index is 1.05. The summed E-state index contributed by atoms with van der Waals surface area (Å²) in [5.41, 5.74) is 18.0. The Balaban J connectivity index is 1.04. The van der Waals surface area contributed by atoms with E-state index in [1.54, 1.807) is 0 Å². The van der Waals surface area contributed by atoms with Crippen LogP contribution in [-0.2, 0) is 0 Å². The molecule has 13 aromatic carbocycles. The molecule has 0 fully saturated rings. The fourth-order valence-corrected chi connectivity index (χ4v) is 12.2. The van der Waals surface area contributed by atoms with Crippen molar-refractivity contribution in [2.75, 3.05) is 9.80 Å². The van der Waals surface area contributed by atoms with E-state index < -0.39 is 0 Å². The first-order valence-corrected chi connectivity index (χ1v) is 26.8. The van der Waals surface area contributed by atoms with Crippen LogP contribution < -0.4 is 9.80 Å². The van der Waals surface area contributed by atoms with E-state index in [0.717, 1.165) is 94.8 Å². The third-order valence-electron chi connectivity index (χ3n) is 15.6. The summed E-state index contributed by atoms with van der Waals surface area (Å²) in [6.45, 7) is 0. The van der Waals surface area contributed by atoms with Crippen molar-refractivity contribution in [3.8, 4) is 33.6 Å². The van der Waals surface area contributed by atoms with E-state index in [9.17, 15) is 0 Å². The molecule has 0 unspecified atom stereocenters. The molecule has 366 valence electrons. The summed E-state index contributed by atoms with van der Waals surface area (Å²) in [6.07, 6.45) is 0. The van der Waals surface area contributed by atoms with Crippen molar-refractivity contribution in [1.82, 2.24) is 9.13 Å². The fraction of sp³-hybridized carbons (Fsp3) is 0. The van der Waals surface area contributed by atoms with Crippen molar-refractivity contribution < 1.29 is 0 Å². The molecule has 0 aliphatic heterocycles. The highest BCUT2D eigenvalue weighted by Crippen LogP contribution is 2.53. The van der Waals surface area contributed by atoms with Crippen LogP contribution >= 0.6 is 0 Å². The van der Waals surface area contributed by atoms with Crippen molar-refractivity contribution in [3.05, 3.63) is 303 Å². The molecule has 2 heterocycles. The van der Waals surface area contributed by atoms with Gasteiger partial charge in [-0.3, -0.25) is 0 Å². The number of aromatic nitrogens is 2. The maximum Gasteiger partial charge on any atom is 0.0620 e. The molecule has 4 nitrogen and oxygen atoms in total. The topological polar surface area (TPSA) is 16.3 Å². The standard InChI is InChI=1S/C74H50N4/c1-6-22-51(23-7-1)53-39-46-65-67(48-53)73(75(55-26-10-3-11-27-55)58-40-42-59(43-41-58)78-69-35-19-16-32-61(69)62-33-17-20-36-70(62)78)64-45-38-54(52-24-8-2-9-25-52)49-68(64)74(65)76(56-28-12-4-13-29-56)60-44-47-72-66(50-60)63-34-18-21-37-71(63)77(72)57-30-14-5-15-31-57/h1-50H. The van der Waals surface area contributed by atoms with Crippen LogP contribution in [-0.4, -0.2) is 9.13 Å². The van der Waals surface area contributed by atoms with Crippen LogP contribution in [0.3, 0.4) is 0 Å². The van der Waals surface area contributed by atoms with E-state index in [4.69, 9.17) is 0 Å². The molecule has 0 amide bonds. The molecule has 0 aliphatic rings. The Hall–Kier alpha value is -10.4. The number of fused-ring (bicyclic) bond motifs is 8. The Morgan fingerprint density at radius 1 is 0.192 bits per heavy atom. The van der Waals surface area contributed by atoms with Crippen molar-refractivity contribution in [2.45, 2.75) is 0 Å². The van der Waals surface area contributed by atoms with Gasteiger partial charge in [-0.15, -0.1) is 0 Å². The first-order chi connectivity index (χ1) is 38.7. The normalized spacial score (nSPS) is 11.6. The fourth-order valence-electron chi connectivity index (χ4n) is 12.2. The molecule has 0 atom stereocenters. The van der Waals surface area contributed by atoms with E-state index >= 15 is 0 Å². The lowest BCUT2D eigenvalue weighted by Gasteiger charge is -2.33. The van der Waals surface area contributed by atoms with Crippen molar-refractivity contribution in [3.63, 3.8) is 0 Å². The van der Waals surface area contributed by atoms with Gasteiger partial charge < -0.3 is 18.9 Å². The van der Waals surface area contributed by atoms with Gasteiger partial charge in [0.05, 0.1) is 33.4 Å². The number of anilines is 6. The second-order valence-corrected chi connectivity index (χ2v) is 20.1. The summed E-state index contributed by atoms with van der Waals surface area (Å²) in [6, 6.07) is 111. The molecule has 78 heavy (non-hydrogen) atoms. The number of hydrogen-bond donors (Lipinski definition) is 0. The average Bonchev–Trinajstić information content (AvgIpc) is 4.14. The molecule has 0 spiro atoms. The van der Waals surface area contributed by atoms with E-state index in [1.807, 2.05) is 0 Å². The largest absolute Gasteiger partial charge is 0.309 e. The van der Waals surface area contributed by atoms with Crippen LogP contribution in [0.15, 0.2) is 303 Å². The highest BCUT2D eigenvalue weighted by molar-refractivity contribution is 6.25. The van der Waals surface area contributed by atoms with Crippen LogP contribution in [0.4, 0.5) is 34.1 Å². The zero-order chi connectivity index (χ0) is 51.5. The molecule has 0 bridgehead atoms. The first kappa shape index (κ1) is 45.0. The van der Waals surface area contributed by atoms with Crippen molar-refractivity contribution in [2.24, 2.45) is 0 Å². The number of para-hydroxylation sites is 6. The van der Waals surface area contributed by atoms with Crippen LogP contribution in [0, 0.1) is 0 Å². The molecule has 0 radical (unpaired) electrons. The highest BCUT2D eigenvalue weighted by Gasteiger charge is 2.28. The lowest BCUT2D eigenvalue weighted by Crippen LogP contribution is -2.15. The van der Waals surface area contributed by atoms with Gasteiger partial charge in [0.1, 0.15) is 0 Å². The number of benzene rings is 13. The summed E-state index contributed by atoms with van der Waals surface area (Å²) < 4.78 is 4.79. The van der Waals surface area contributed by atoms with Gasteiger partial charge in [0.25, 0.3) is 0 Å². The van der Waals surface area contributed by atoms with Gasteiger partial charge in [-0.2, -0.15) is 0 Å². The maximum absolute atomic E-state index is 2.51. The molecule has 0 aliphatic carbocycles. The van der Waals surface area contributed by atoms with E-state index in [1.165, 1.54) is 38.1 Å². The van der Waals surface area contributed by atoms with E-state index in [-0.39, 0.29) is 0 Å². The van der Waals surface area contributed by atoms with Crippen LogP contribution in [0.25, 0.3) is 98.8 Å². The smallest absolute Gasteiger partial charge is 0.0620 e. The Morgan fingerprint density at radius 2 is 0.538 bits per heavy atom. The van der Waals surface area contributed by atoms with E-state index in [0.29, 0.717) is 0 Å². The van der Waals surface area contributed by atoms with Crippen LogP contribution in [0.2, 0.25) is 0 Å². The van der Waals surface area contributed by atoms with Gasteiger partial charge in [-0.05, 0) is 131 Å². The Morgan fingerprint density at radius 3 is 1.01 bits per heavy atom. The third kappa shape index (κ3) is 7.45. The molecular formula is C74H50N4. The quantitative estimate of drug-likeness (QED) is 0.100. The first-order valence-electron chi connectivity index (χ1n) is 26.8. The Kier molecular flexibility index (Phi) is 10.8. The number of nitrogens with zero attached hydrogens (tertiary/aromatic N) is 4. The van der Waals surface area contributed by atoms with Gasteiger partial charge in [-0.1, -0.05) is 194 Å². The predicted octanol–water partition coefficient (Wildman–Crippen LogP) is 20.5. The van der Waals surface area contributed by atoms with Crippen molar-refractivity contribution >= 4 is 99.3 Å². The Bertz CT molecular complexity index is 4650. The lowest BCUT2D eigenvalue weighted by atomic mass is 9.91. The van der Waals surface area contributed by atoms with Crippen LogP contribution in [0.1, 0.15) is 0 Å². The minimum atomic E-state index is 1.05. The maximum atomic E-state index is 2.51. The van der Waals surface area contributed by atoms with Crippen molar-refractivity contribution in [1.29, 1.82) is 0 Å². The second-order valence-electron chi connectivity index (χ2n) is 20.1. The molecule has 0 saturated carbocycles. The summed E-state index contributed by atoms with van der Waals surface area (Å²) in [4.78, 5) is 4.99. The summed E-state index contributed by atoms with van der Waals surface area (Å²) in [5.74, 6) is 0. The van der Waals surface area contributed by atoms with Gasteiger partial charge >= 0.3 is 0 Å². The minimum Gasteiger partial charge on any atom is -0.309 e. The number of rotatable bonds is 10. The van der Waals surface area contributed by atoms with Gasteiger partial charge in [0.15, 0.2) is 0 Å². The highest BCUT2D eigenvalue weighted by atomic mass is 15.2. The zero-order valence-electron chi connectivity index (χ0n) is 42.7. The van der Waals surface area contributed by atoms with Crippen LogP contribution in [0.5, 0.6) is 0 Å². The summed E-state index contributed by atoms with van der Waals surface area (Å²) in [5, 5.41) is 9.39. The monoisotopic (exact) mass is 994 g/mol. The number of hydrogen-bond acceptors (Lipinski definition) is 2. The summed E-state index contributed by atoms with van der Waals surface area (Å²) >= 11 is 0.